The van der Waals surface area contributed by atoms with Gasteiger partial charge in [0.2, 0.25) is 0 Å². The lowest BCUT2D eigenvalue weighted by Crippen LogP contribution is -2.45. The second-order valence-electron chi connectivity index (χ2n) is 4.80. The summed E-state index contributed by atoms with van der Waals surface area (Å²) in [7, 11) is 0. The van der Waals surface area contributed by atoms with Gasteiger partial charge in [-0.3, -0.25) is 4.90 Å². The summed E-state index contributed by atoms with van der Waals surface area (Å²) in [6.45, 7) is 1.49. The van der Waals surface area contributed by atoms with Crippen LogP contribution in [-0.2, 0) is 0 Å². The molecule has 2 aliphatic rings. The number of aliphatic hydroxyl groups excluding tert-OH is 1. The fourth-order valence-corrected chi connectivity index (χ4v) is 3.04. The lowest BCUT2D eigenvalue weighted by Gasteiger charge is -2.37. The number of nitrogens with zero attached hydrogens (tertiary/aromatic N) is 1. The van der Waals surface area contributed by atoms with Crippen LogP contribution in [0.3, 0.4) is 0 Å². The van der Waals surface area contributed by atoms with Crippen LogP contribution in [-0.4, -0.2) is 41.3 Å². The third-order valence-corrected chi connectivity index (χ3v) is 3.79. The van der Waals surface area contributed by atoms with Crippen molar-refractivity contribution in [2.45, 2.75) is 56.7 Å². The molecule has 0 aromatic carbocycles. The Hall–Kier alpha value is -0.120. The van der Waals surface area contributed by atoms with Crippen LogP contribution in [0.15, 0.2) is 0 Å². The summed E-state index contributed by atoms with van der Waals surface area (Å²) < 4.78 is 0. The molecular formula is C11H22N2O. The Balaban J connectivity index is 1.92. The number of hydrogen-bond donors (Lipinski definition) is 2. The summed E-state index contributed by atoms with van der Waals surface area (Å²) in [4.78, 5) is 2.50. The second-order valence-corrected chi connectivity index (χ2v) is 4.80. The van der Waals surface area contributed by atoms with Gasteiger partial charge >= 0.3 is 0 Å². The summed E-state index contributed by atoms with van der Waals surface area (Å²) >= 11 is 0. The Kier molecular flexibility index (Phi) is 3.42. The highest BCUT2D eigenvalue weighted by Crippen LogP contribution is 2.28. The highest BCUT2D eigenvalue weighted by Gasteiger charge is 2.32. The molecule has 1 saturated heterocycles. The van der Waals surface area contributed by atoms with Gasteiger partial charge in [0.05, 0.1) is 6.61 Å². The number of aliphatic hydroxyl groups is 1. The van der Waals surface area contributed by atoms with Gasteiger partial charge in [0, 0.05) is 18.1 Å². The molecule has 0 radical (unpaired) electrons. The molecule has 1 heterocycles. The Labute approximate surface area is 86.3 Å². The highest BCUT2D eigenvalue weighted by atomic mass is 16.3. The van der Waals surface area contributed by atoms with Gasteiger partial charge in [0.15, 0.2) is 0 Å². The van der Waals surface area contributed by atoms with Crippen LogP contribution < -0.4 is 5.73 Å². The maximum Gasteiger partial charge on any atom is 0.0586 e. The van der Waals surface area contributed by atoms with Gasteiger partial charge < -0.3 is 10.8 Å². The summed E-state index contributed by atoms with van der Waals surface area (Å²) in [5.74, 6) is 0. The van der Waals surface area contributed by atoms with Crippen LogP contribution in [0.2, 0.25) is 0 Å². The third-order valence-electron chi connectivity index (χ3n) is 3.79. The van der Waals surface area contributed by atoms with Crippen molar-refractivity contribution in [2.24, 2.45) is 5.73 Å². The van der Waals surface area contributed by atoms with Crippen molar-refractivity contribution in [3.8, 4) is 0 Å². The van der Waals surface area contributed by atoms with Gasteiger partial charge in [-0.25, -0.2) is 0 Å². The molecule has 1 saturated carbocycles. The van der Waals surface area contributed by atoms with E-state index in [-0.39, 0.29) is 0 Å². The van der Waals surface area contributed by atoms with E-state index in [4.69, 9.17) is 5.73 Å². The number of hydrogen-bond acceptors (Lipinski definition) is 3. The van der Waals surface area contributed by atoms with E-state index < -0.39 is 0 Å². The SMILES string of the molecule is NC1CCCC(N2CCC[C@H]2CO)C1. The average Bonchev–Trinajstić information content (AvgIpc) is 2.65. The molecule has 2 unspecified atom stereocenters. The van der Waals surface area contributed by atoms with Crippen molar-refractivity contribution in [3.63, 3.8) is 0 Å². The number of rotatable bonds is 2. The van der Waals surface area contributed by atoms with E-state index in [1.165, 1.54) is 38.6 Å². The zero-order chi connectivity index (χ0) is 9.97. The zero-order valence-electron chi connectivity index (χ0n) is 8.86. The largest absolute Gasteiger partial charge is 0.395 e. The molecule has 0 bridgehead atoms. The number of likely N-dealkylation sites (tertiary alicyclic amines) is 1. The van der Waals surface area contributed by atoms with Crippen molar-refractivity contribution in [2.75, 3.05) is 13.2 Å². The average molecular weight is 198 g/mol. The lowest BCUT2D eigenvalue weighted by atomic mass is 9.90. The maximum atomic E-state index is 9.26. The molecule has 0 aromatic rings. The lowest BCUT2D eigenvalue weighted by molar-refractivity contribution is 0.0934. The minimum absolute atomic E-state index is 0.325. The van der Waals surface area contributed by atoms with Crippen molar-refractivity contribution >= 4 is 0 Å². The fourth-order valence-electron chi connectivity index (χ4n) is 3.04. The van der Waals surface area contributed by atoms with Crippen LogP contribution >= 0.6 is 0 Å². The molecular weight excluding hydrogens is 176 g/mol. The second kappa shape index (κ2) is 4.60. The van der Waals surface area contributed by atoms with E-state index in [1.54, 1.807) is 0 Å². The summed E-state index contributed by atoms with van der Waals surface area (Å²) in [6.07, 6.45) is 7.29. The Morgan fingerprint density at radius 2 is 2.07 bits per heavy atom. The molecule has 14 heavy (non-hydrogen) atoms. The van der Waals surface area contributed by atoms with E-state index in [9.17, 15) is 5.11 Å². The predicted molar refractivity (Wildman–Crippen MR) is 57.0 cm³/mol. The zero-order valence-corrected chi connectivity index (χ0v) is 8.86. The molecule has 0 aromatic heterocycles. The van der Waals surface area contributed by atoms with Gasteiger partial charge in [-0.15, -0.1) is 0 Å². The molecule has 1 aliphatic heterocycles. The van der Waals surface area contributed by atoms with Crippen LogP contribution in [0.25, 0.3) is 0 Å². The molecule has 3 nitrogen and oxygen atoms in total. The van der Waals surface area contributed by atoms with Crippen molar-refractivity contribution in [3.05, 3.63) is 0 Å². The summed E-state index contributed by atoms with van der Waals surface area (Å²) in [6, 6.07) is 1.47. The van der Waals surface area contributed by atoms with E-state index in [2.05, 4.69) is 4.90 Å². The predicted octanol–water partition coefficient (Wildman–Crippen LogP) is 0.713. The van der Waals surface area contributed by atoms with Gasteiger partial charge in [-0.2, -0.15) is 0 Å². The first-order valence-electron chi connectivity index (χ1n) is 5.93. The quantitative estimate of drug-likeness (QED) is 0.687. The monoisotopic (exact) mass is 198 g/mol. The normalized spacial score (nSPS) is 40.3. The first kappa shape index (κ1) is 10.4. The molecule has 82 valence electrons. The molecule has 3 heteroatoms. The van der Waals surface area contributed by atoms with Crippen molar-refractivity contribution in [1.29, 1.82) is 0 Å². The standard InChI is InChI=1S/C11H22N2O/c12-9-3-1-4-10(7-9)13-6-2-5-11(13)8-14/h9-11,14H,1-8,12H2/t9?,10?,11-/m0/s1. The van der Waals surface area contributed by atoms with Crippen LogP contribution in [0.4, 0.5) is 0 Å². The molecule has 2 fully saturated rings. The Morgan fingerprint density at radius 3 is 2.79 bits per heavy atom. The van der Waals surface area contributed by atoms with Crippen LogP contribution in [0, 0.1) is 0 Å². The molecule has 3 N–H and O–H groups in total. The molecule has 0 spiro atoms. The van der Waals surface area contributed by atoms with Gasteiger partial charge in [-0.05, 0) is 38.6 Å². The number of nitrogens with two attached hydrogens (primary N) is 1. The van der Waals surface area contributed by atoms with Gasteiger partial charge in [-0.1, -0.05) is 6.42 Å². The fraction of sp³-hybridized carbons (Fsp3) is 1.00. The molecule has 0 amide bonds. The Bertz CT molecular complexity index is 186. The smallest absolute Gasteiger partial charge is 0.0586 e. The first-order chi connectivity index (χ1) is 6.81. The van der Waals surface area contributed by atoms with Gasteiger partial charge in [0.1, 0.15) is 0 Å². The molecule has 2 rings (SSSR count). The minimum Gasteiger partial charge on any atom is -0.395 e. The van der Waals surface area contributed by atoms with Crippen LogP contribution in [0.5, 0.6) is 0 Å². The van der Waals surface area contributed by atoms with E-state index >= 15 is 0 Å². The maximum absolute atomic E-state index is 9.26. The van der Waals surface area contributed by atoms with E-state index in [0.29, 0.717) is 24.7 Å². The Morgan fingerprint density at radius 1 is 1.21 bits per heavy atom. The van der Waals surface area contributed by atoms with Crippen molar-refractivity contribution < 1.29 is 5.11 Å². The van der Waals surface area contributed by atoms with Crippen molar-refractivity contribution in [1.82, 2.24) is 4.90 Å². The van der Waals surface area contributed by atoms with E-state index in [1.807, 2.05) is 0 Å². The topological polar surface area (TPSA) is 49.5 Å². The van der Waals surface area contributed by atoms with E-state index in [0.717, 1.165) is 6.42 Å². The summed E-state index contributed by atoms with van der Waals surface area (Å²) in [5.41, 5.74) is 5.99. The van der Waals surface area contributed by atoms with Gasteiger partial charge in [0.25, 0.3) is 0 Å². The molecule has 3 atom stereocenters. The minimum atomic E-state index is 0.325. The summed E-state index contributed by atoms with van der Waals surface area (Å²) in [5, 5.41) is 9.26. The first-order valence-corrected chi connectivity index (χ1v) is 5.93. The third kappa shape index (κ3) is 2.10. The molecule has 1 aliphatic carbocycles. The van der Waals surface area contributed by atoms with Crippen LogP contribution in [0.1, 0.15) is 38.5 Å². The highest BCUT2D eigenvalue weighted by molar-refractivity contribution is 4.88.